The van der Waals surface area contributed by atoms with Gasteiger partial charge in [-0.25, -0.2) is 4.79 Å². The minimum Gasteiger partial charge on any atom is -0.502 e. The molecule has 0 aromatic rings. The van der Waals surface area contributed by atoms with Crippen molar-refractivity contribution in [2.45, 2.75) is 31.3 Å². The summed E-state index contributed by atoms with van der Waals surface area (Å²) < 4.78 is 5.04. The molecule has 0 unspecified atom stereocenters. The predicted molar refractivity (Wildman–Crippen MR) is 38.0 cm³/mol. The van der Waals surface area contributed by atoms with Gasteiger partial charge < -0.3 is 9.84 Å². The fourth-order valence-corrected chi connectivity index (χ4v) is 1.79. The molecule has 2 aliphatic rings. The zero-order valence-corrected chi connectivity index (χ0v) is 6.17. The Kier molecular flexibility index (Phi) is 1.22. The average Bonchev–Trinajstić information content (AvgIpc) is 2.46. The molecule has 3 nitrogen and oxygen atoms in total. The van der Waals surface area contributed by atoms with Crippen LogP contribution in [0.25, 0.3) is 0 Å². The van der Waals surface area contributed by atoms with Crippen LogP contribution < -0.4 is 0 Å². The van der Waals surface area contributed by atoms with E-state index < -0.39 is 11.6 Å². The van der Waals surface area contributed by atoms with E-state index in [0.717, 1.165) is 25.7 Å². The van der Waals surface area contributed by atoms with E-state index in [9.17, 15) is 4.79 Å². The number of hydrogen-bond acceptors (Lipinski definition) is 3. The molecule has 1 fully saturated rings. The zero-order chi connectivity index (χ0) is 7.90. The van der Waals surface area contributed by atoms with Gasteiger partial charge in [-0.2, -0.15) is 0 Å². The van der Waals surface area contributed by atoms with Gasteiger partial charge in [0.15, 0.2) is 0 Å². The molecule has 0 aromatic carbocycles. The summed E-state index contributed by atoms with van der Waals surface area (Å²) in [5.74, 6) is -0.779. The fraction of sp³-hybridized carbons (Fsp3) is 0.625. The Balaban J connectivity index is 2.25. The van der Waals surface area contributed by atoms with Gasteiger partial charge in [-0.15, -0.1) is 0 Å². The van der Waals surface area contributed by atoms with Crippen LogP contribution in [0.5, 0.6) is 0 Å². The lowest BCUT2D eigenvalue weighted by atomic mass is 10.0. The Morgan fingerprint density at radius 3 is 2.55 bits per heavy atom. The van der Waals surface area contributed by atoms with Crippen LogP contribution in [0.15, 0.2) is 11.8 Å². The number of hydrogen-bond donors (Lipinski definition) is 1. The van der Waals surface area contributed by atoms with Crippen molar-refractivity contribution in [2.75, 3.05) is 0 Å². The first-order chi connectivity index (χ1) is 5.22. The van der Waals surface area contributed by atoms with Crippen LogP contribution >= 0.6 is 0 Å². The van der Waals surface area contributed by atoms with E-state index in [1.807, 2.05) is 0 Å². The summed E-state index contributed by atoms with van der Waals surface area (Å²) in [5, 5.41) is 9.01. The molecular formula is C8H10O3. The lowest BCUT2D eigenvalue weighted by Gasteiger charge is -2.18. The molecule has 0 amide bonds. The summed E-state index contributed by atoms with van der Waals surface area (Å²) in [6.07, 6.45) is 5.45. The van der Waals surface area contributed by atoms with E-state index in [1.165, 1.54) is 0 Å². The van der Waals surface area contributed by atoms with E-state index in [4.69, 9.17) is 9.84 Å². The summed E-state index contributed by atoms with van der Waals surface area (Å²) in [4.78, 5) is 10.8. The summed E-state index contributed by atoms with van der Waals surface area (Å²) in [5.41, 5.74) is -0.429. The van der Waals surface area contributed by atoms with Crippen molar-refractivity contribution in [3.05, 3.63) is 11.8 Å². The second-order valence-corrected chi connectivity index (χ2v) is 3.19. The Bertz CT molecular complexity index is 223. The largest absolute Gasteiger partial charge is 0.502 e. The Morgan fingerprint density at radius 2 is 2.09 bits per heavy atom. The molecule has 0 aromatic heterocycles. The Morgan fingerprint density at radius 1 is 1.45 bits per heavy atom. The summed E-state index contributed by atoms with van der Waals surface area (Å²) in [7, 11) is 0. The number of esters is 1. The van der Waals surface area contributed by atoms with Crippen molar-refractivity contribution in [3.8, 4) is 0 Å². The second-order valence-electron chi connectivity index (χ2n) is 3.19. The minimum absolute atomic E-state index is 0.216. The third-order valence-electron chi connectivity index (χ3n) is 2.35. The van der Waals surface area contributed by atoms with E-state index in [2.05, 4.69) is 0 Å². The maximum absolute atomic E-state index is 10.8. The lowest BCUT2D eigenvalue weighted by molar-refractivity contribution is -0.148. The maximum Gasteiger partial charge on any atom is 0.374 e. The highest BCUT2D eigenvalue weighted by molar-refractivity contribution is 5.88. The maximum atomic E-state index is 10.8. The molecule has 0 radical (unpaired) electrons. The fourth-order valence-electron chi connectivity index (χ4n) is 1.79. The molecule has 1 aliphatic heterocycles. The SMILES string of the molecule is O=C1OC2(C=C1O)CCCC2. The molecule has 60 valence electrons. The average molecular weight is 154 g/mol. The molecule has 0 atom stereocenters. The van der Waals surface area contributed by atoms with Crippen molar-refractivity contribution in [1.82, 2.24) is 0 Å². The highest BCUT2D eigenvalue weighted by Gasteiger charge is 2.42. The van der Waals surface area contributed by atoms with Crippen LogP contribution in [0.2, 0.25) is 0 Å². The molecule has 3 heteroatoms. The number of aliphatic hydroxyl groups is 1. The summed E-state index contributed by atoms with van der Waals surface area (Å²) >= 11 is 0. The van der Waals surface area contributed by atoms with Crippen LogP contribution in [-0.4, -0.2) is 16.7 Å². The van der Waals surface area contributed by atoms with Gasteiger partial charge in [-0.05, 0) is 25.7 Å². The monoisotopic (exact) mass is 154 g/mol. The number of carbonyl (C=O) groups is 1. The number of aliphatic hydroxyl groups excluding tert-OH is 1. The standard InChI is InChI=1S/C8H10O3/c9-6-5-8(11-7(6)10)3-1-2-4-8/h5,9H,1-4H2. The van der Waals surface area contributed by atoms with Gasteiger partial charge in [-0.1, -0.05) is 0 Å². The van der Waals surface area contributed by atoms with E-state index in [1.54, 1.807) is 6.08 Å². The first-order valence-electron chi connectivity index (χ1n) is 3.87. The Hall–Kier alpha value is -0.990. The van der Waals surface area contributed by atoms with Gasteiger partial charge in [0, 0.05) is 6.08 Å². The quantitative estimate of drug-likeness (QED) is 0.535. The smallest absolute Gasteiger partial charge is 0.374 e. The first kappa shape index (κ1) is 6.70. The number of ether oxygens (including phenoxy) is 1. The van der Waals surface area contributed by atoms with Crippen molar-refractivity contribution < 1.29 is 14.6 Å². The zero-order valence-electron chi connectivity index (χ0n) is 6.17. The predicted octanol–water partition coefficient (Wildman–Crippen LogP) is 1.30. The Labute approximate surface area is 64.7 Å². The van der Waals surface area contributed by atoms with E-state index in [0.29, 0.717) is 0 Å². The van der Waals surface area contributed by atoms with Gasteiger partial charge in [-0.3, -0.25) is 0 Å². The molecular weight excluding hydrogens is 144 g/mol. The van der Waals surface area contributed by atoms with Gasteiger partial charge in [0.05, 0.1) is 0 Å². The minimum atomic E-state index is -0.563. The molecule has 1 aliphatic carbocycles. The van der Waals surface area contributed by atoms with Gasteiger partial charge >= 0.3 is 5.97 Å². The van der Waals surface area contributed by atoms with Crippen molar-refractivity contribution in [3.63, 3.8) is 0 Å². The van der Waals surface area contributed by atoms with E-state index in [-0.39, 0.29) is 5.76 Å². The third kappa shape index (κ3) is 0.914. The molecule has 0 saturated heterocycles. The van der Waals surface area contributed by atoms with Gasteiger partial charge in [0.2, 0.25) is 5.76 Å². The van der Waals surface area contributed by atoms with Gasteiger partial charge in [0.25, 0.3) is 0 Å². The summed E-state index contributed by atoms with van der Waals surface area (Å²) in [6.45, 7) is 0. The van der Waals surface area contributed by atoms with Crippen LogP contribution in [0, 0.1) is 0 Å². The summed E-state index contributed by atoms with van der Waals surface area (Å²) in [6, 6.07) is 0. The van der Waals surface area contributed by atoms with Crippen molar-refractivity contribution in [1.29, 1.82) is 0 Å². The lowest BCUT2D eigenvalue weighted by Crippen LogP contribution is -2.23. The van der Waals surface area contributed by atoms with Crippen LogP contribution in [0.4, 0.5) is 0 Å². The molecule has 1 spiro atoms. The molecule has 0 bridgehead atoms. The van der Waals surface area contributed by atoms with Crippen LogP contribution in [0.1, 0.15) is 25.7 Å². The van der Waals surface area contributed by atoms with Crippen LogP contribution in [-0.2, 0) is 9.53 Å². The molecule has 1 saturated carbocycles. The molecule has 11 heavy (non-hydrogen) atoms. The van der Waals surface area contributed by atoms with Crippen molar-refractivity contribution in [2.24, 2.45) is 0 Å². The molecule has 1 N–H and O–H groups in total. The second kappa shape index (κ2) is 2.00. The molecule has 1 heterocycles. The highest BCUT2D eigenvalue weighted by atomic mass is 16.6. The highest BCUT2D eigenvalue weighted by Crippen LogP contribution is 2.38. The molecule has 2 rings (SSSR count). The third-order valence-corrected chi connectivity index (χ3v) is 2.35. The normalized spacial score (nSPS) is 27.3. The van der Waals surface area contributed by atoms with Crippen molar-refractivity contribution >= 4 is 5.97 Å². The van der Waals surface area contributed by atoms with Gasteiger partial charge in [0.1, 0.15) is 5.60 Å². The number of rotatable bonds is 0. The van der Waals surface area contributed by atoms with Crippen LogP contribution in [0.3, 0.4) is 0 Å². The number of carbonyl (C=O) groups excluding carboxylic acids is 1. The topological polar surface area (TPSA) is 46.5 Å². The first-order valence-corrected chi connectivity index (χ1v) is 3.87. The van der Waals surface area contributed by atoms with E-state index >= 15 is 0 Å².